The number of halogens is 1. The fraction of sp³-hybridized carbons (Fsp3) is 0.412. The van der Waals surface area contributed by atoms with Gasteiger partial charge in [-0.2, -0.15) is 0 Å². The number of Topliss-reactive ketones (excluding diaryl/α,β-unsaturated/α-hetero) is 1. The van der Waals surface area contributed by atoms with Gasteiger partial charge in [0.05, 0.1) is 6.04 Å². The molecule has 1 aliphatic heterocycles. The first-order valence-corrected chi connectivity index (χ1v) is 7.34. The molecule has 22 heavy (non-hydrogen) atoms. The Hall–Kier alpha value is -2.17. The van der Waals surface area contributed by atoms with Crippen molar-refractivity contribution < 1.29 is 14.0 Å². The number of hydrogen-bond donors (Lipinski definition) is 1. The van der Waals surface area contributed by atoms with Gasteiger partial charge in [-0.1, -0.05) is 26.0 Å². The quantitative estimate of drug-likeness (QED) is 0.866. The number of hydrogen-bond acceptors (Lipinski definition) is 2. The van der Waals surface area contributed by atoms with Crippen LogP contribution in [0.25, 0.3) is 0 Å². The first kappa shape index (κ1) is 14.8. The van der Waals surface area contributed by atoms with Gasteiger partial charge in [-0.05, 0) is 29.5 Å². The maximum absolute atomic E-state index is 13.1. The minimum absolute atomic E-state index is 0.0485. The summed E-state index contributed by atoms with van der Waals surface area (Å²) in [6.07, 6.45) is 1.13. The third-order valence-electron chi connectivity index (χ3n) is 4.37. The van der Waals surface area contributed by atoms with Crippen LogP contribution in [0, 0.1) is 11.2 Å². The van der Waals surface area contributed by atoms with Crippen molar-refractivity contribution in [2.75, 3.05) is 7.05 Å². The monoisotopic (exact) mass is 302 g/mol. The Morgan fingerprint density at radius 2 is 1.82 bits per heavy atom. The molecular formula is C17H19FN2O2. The Labute approximate surface area is 129 Å². The summed E-state index contributed by atoms with van der Waals surface area (Å²) in [5.74, 6) is -0.291. The van der Waals surface area contributed by atoms with Crippen molar-refractivity contribution in [3.63, 3.8) is 0 Å². The number of carbonyl (C=O) groups is 2. The lowest BCUT2D eigenvalue weighted by molar-refractivity contribution is -0.118. The second-order valence-corrected chi connectivity index (χ2v) is 6.79. The van der Waals surface area contributed by atoms with Crippen LogP contribution in [0.2, 0.25) is 0 Å². The van der Waals surface area contributed by atoms with E-state index >= 15 is 0 Å². The highest BCUT2D eigenvalue weighted by atomic mass is 19.1. The van der Waals surface area contributed by atoms with Crippen molar-refractivity contribution in [3.05, 3.63) is 46.9 Å². The minimum Gasteiger partial charge on any atom is -0.327 e. The maximum atomic E-state index is 13.1. The van der Waals surface area contributed by atoms with Crippen LogP contribution in [0.4, 0.5) is 9.18 Å². The van der Waals surface area contributed by atoms with E-state index in [0.29, 0.717) is 18.4 Å². The minimum atomic E-state index is -0.497. The highest BCUT2D eigenvalue weighted by Crippen LogP contribution is 2.43. The van der Waals surface area contributed by atoms with Gasteiger partial charge in [-0.15, -0.1) is 0 Å². The molecule has 0 spiro atoms. The van der Waals surface area contributed by atoms with Crippen molar-refractivity contribution >= 4 is 11.8 Å². The number of rotatable bonds is 1. The van der Waals surface area contributed by atoms with E-state index in [9.17, 15) is 14.0 Å². The van der Waals surface area contributed by atoms with Crippen LogP contribution in [-0.4, -0.2) is 23.8 Å². The van der Waals surface area contributed by atoms with Crippen molar-refractivity contribution in [2.45, 2.75) is 32.7 Å². The Balaban J connectivity index is 2.11. The highest BCUT2D eigenvalue weighted by Gasteiger charge is 2.42. The molecule has 0 radical (unpaired) electrons. The Kier molecular flexibility index (Phi) is 3.31. The summed E-state index contributed by atoms with van der Waals surface area (Å²) in [5.41, 5.74) is 1.98. The zero-order valence-electron chi connectivity index (χ0n) is 12.9. The molecule has 2 aliphatic rings. The number of nitrogens with zero attached hydrogens (tertiary/aromatic N) is 1. The summed E-state index contributed by atoms with van der Waals surface area (Å²) in [4.78, 5) is 26.4. The second kappa shape index (κ2) is 4.93. The summed E-state index contributed by atoms with van der Waals surface area (Å²) >= 11 is 0. The summed E-state index contributed by atoms with van der Waals surface area (Å²) in [6, 6.07) is 5.18. The van der Waals surface area contributed by atoms with Gasteiger partial charge >= 0.3 is 6.03 Å². The van der Waals surface area contributed by atoms with Gasteiger partial charge in [0.2, 0.25) is 0 Å². The topological polar surface area (TPSA) is 49.4 Å². The molecule has 0 saturated heterocycles. The largest absolute Gasteiger partial charge is 0.327 e. The van der Waals surface area contributed by atoms with Crippen molar-refractivity contribution in [1.82, 2.24) is 10.2 Å². The average molecular weight is 302 g/mol. The van der Waals surface area contributed by atoms with Crippen LogP contribution >= 0.6 is 0 Å². The molecule has 0 fully saturated rings. The first-order chi connectivity index (χ1) is 10.3. The lowest BCUT2D eigenvalue weighted by Crippen LogP contribution is -2.49. The highest BCUT2D eigenvalue weighted by molar-refractivity contribution is 6.01. The van der Waals surface area contributed by atoms with Gasteiger partial charge in [0, 0.05) is 24.7 Å². The summed E-state index contributed by atoms with van der Waals surface area (Å²) in [6.45, 7) is 4.06. The van der Waals surface area contributed by atoms with E-state index < -0.39 is 6.04 Å². The maximum Gasteiger partial charge on any atom is 0.322 e. The van der Waals surface area contributed by atoms with E-state index in [1.807, 2.05) is 13.8 Å². The van der Waals surface area contributed by atoms with Gasteiger partial charge in [-0.25, -0.2) is 9.18 Å². The van der Waals surface area contributed by atoms with Crippen molar-refractivity contribution in [1.29, 1.82) is 0 Å². The fourth-order valence-electron chi connectivity index (χ4n) is 3.25. The van der Waals surface area contributed by atoms with Gasteiger partial charge < -0.3 is 10.2 Å². The van der Waals surface area contributed by atoms with E-state index in [4.69, 9.17) is 0 Å². The van der Waals surface area contributed by atoms with E-state index in [1.54, 1.807) is 19.2 Å². The lowest BCUT2D eigenvalue weighted by Gasteiger charge is -2.42. The van der Waals surface area contributed by atoms with Gasteiger partial charge in [0.25, 0.3) is 0 Å². The van der Waals surface area contributed by atoms with E-state index in [2.05, 4.69) is 5.32 Å². The molecule has 2 amide bonds. The second-order valence-electron chi connectivity index (χ2n) is 6.79. The zero-order chi connectivity index (χ0) is 16.1. The normalized spacial score (nSPS) is 24.2. The lowest BCUT2D eigenvalue weighted by atomic mass is 9.72. The van der Waals surface area contributed by atoms with Crippen LogP contribution in [0.15, 0.2) is 35.5 Å². The van der Waals surface area contributed by atoms with Crippen molar-refractivity contribution in [2.24, 2.45) is 5.41 Å². The molecule has 4 nitrogen and oxygen atoms in total. The molecular weight excluding hydrogens is 283 g/mol. The van der Waals surface area contributed by atoms with E-state index in [0.717, 1.165) is 11.3 Å². The molecule has 0 bridgehead atoms. The Bertz CT molecular complexity index is 676. The number of nitrogens with one attached hydrogen (secondary N) is 1. The molecule has 1 heterocycles. The zero-order valence-corrected chi connectivity index (χ0v) is 12.9. The molecule has 1 N–H and O–H groups in total. The standard InChI is InChI=1S/C17H19FN2O2/c1-17(2)8-12-14(13(21)9-17)15(19-16(22)20(12)3)10-4-6-11(18)7-5-10/h4-7,15H,8-9H2,1-3H3,(H,19,22)/t15-/m0/s1. The molecule has 116 valence electrons. The van der Waals surface area contributed by atoms with E-state index in [1.165, 1.54) is 17.0 Å². The molecule has 0 saturated carbocycles. The summed E-state index contributed by atoms with van der Waals surface area (Å²) < 4.78 is 13.1. The SMILES string of the molecule is CN1C(=O)N[C@@H](c2ccc(F)cc2)C2=C1CC(C)(C)CC2=O. The van der Waals surface area contributed by atoms with Gasteiger partial charge in [0.1, 0.15) is 5.82 Å². The molecule has 0 aromatic heterocycles. The molecule has 5 heteroatoms. The molecule has 1 atom stereocenters. The van der Waals surface area contributed by atoms with E-state index in [-0.39, 0.29) is 23.0 Å². The smallest absolute Gasteiger partial charge is 0.322 e. The van der Waals surface area contributed by atoms with Crippen LogP contribution in [0.1, 0.15) is 38.3 Å². The predicted octanol–water partition coefficient (Wildman–Crippen LogP) is 3.17. The molecule has 1 aromatic rings. The number of urea groups is 1. The average Bonchev–Trinajstić information content (AvgIpc) is 2.43. The number of allylic oxidation sites excluding steroid dienone is 1. The number of ketones is 1. The number of carbonyl (C=O) groups excluding carboxylic acids is 2. The van der Waals surface area contributed by atoms with Crippen molar-refractivity contribution in [3.8, 4) is 0 Å². The molecule has 3 rings (SSSR count). The van der Waals surface area contributed by atoms with Crippen LogP contribution in [0.5, 0.6) is 0 Å². The number of benzene rings is 1. The van der Waals surface area contributed by atoms with Crippen LogP contribution in [0.3, 0.4) is 0 Å². The third kappa shape index (κ3) is 2.40. The third-order valence-corrected chi connectivity index (χ3v) is 4.37. The molecule has 1 aliphatic carbocycles. The molecule has 1 aromatic carbocycles. The first-order valence-electron chi connectivity index (χ1n) is 7.34. The van der Waals surface area contributed by atoms with Crippen LogP contribution < -0.4 is 5.32 Å². The Morgan fingerprint density at radius 1 is 1.18 bits per heavy atom. The molecule has 0 unspecified atom stereocenters. The predicted molar refractivity (Wildman–Crippen MR) is 80.5 cm³/mol. The summed E-state index contributed by atoms with van der Waals surface area (Å²) in [7, 11) is 1.68. The Morgan fingerprint density at radius 3 is 2.45 bits per heavy atom. The fourth-order valence-corrected chi connectivity index (χ4v) is 3.25. The number of amides is 2. The van der Waals surface area contributed by atoms with Gasteiger partial charge in [0.15, 0.2) is 5.78 Å². The van der Waals surface area contributed by atoms with Gasteiger partial charge in [-0.3, -0.25) is 4.79 Å². The summed E-state index contributed by atoms with van der Waals surface area (Å²) in [5, 5.41) is 2.84. The van der Waals surface area contributed by atoms with Crippen LogP contribution in [-0.2, 0) is 4.79 Å².